The second kappa shape index (κ2) is 6.06. The lowest BCUT2D eigenvalue weighted by Gasteiger charge is -2.10. The Morgan fingerprint density at radius 2 is 2.16 bits per heavy atom. The highest BCUT2D eigenvalue weighted by molar-refractivity contribution is 5.21. The fraction of sp³-hybridized carbons (Fsp3) is 0.533. The number of rotatable bonds is 6. The third-order valence-electron chi connectivity index (χ3n) is 3.57. The number of hydrogen-bond donors (Lipinski definition) is 1. The van der Waals surface area contributed by atoms with E-state index >= 15 is 0 Å². The van der Waals surface area contributed by atoms with Gasteiger partial charge in [-0.2, -0.15) is 5.10 Å². The van der Waals surface area contributed by atoms with Crippen LogP contribution >= 0.6 is 0 Å². The Hall–Kier alpha value is -1.55. The van der Waals surface area contributed by atoms with Crippen LogP contribution in [0.1, 0.15) is 56.4 Å². The minimum Gasteiger partial charge on any atom is -0.469 e. The molecule has 0 aromatic carbocycles. The lowest BCUT2D eigenvalue weighted by atomic mass is 10.0. The quantitative estimate of drug-likeness (QED) is 0.869. The number of hydrogen-bond acceptors (Lipinski definition) is 3. The molecule has 2 rings (SSSR count). The Morgan fingerprint density at radius 3 is 2.84 bits per heavy atom. The van der Waals surface area contributed by atoms with E-state index in [4.69, 9.17) is 4.42 Å². The molecule has 2 atom stereocenters. The second-order valence-corrected chi connectivity index (χ2v) is 4.92. The van der Waals surface area contributed by atoms with E-state index in [0.717, 1.165) is 29.9 Å². The average Bonchev–Trinajstić information content (AvgIpc) is 3.05. The minimum atomic E-state index is -0.547. The van der Waals surface area contributed by atoms with E-state index in [0.29, 0.717) is 12.5 Å². The average molecular weight is 262 g/mol. The van der Waals surface area contributed by atoms with Crippen molar-refractivity contribution in [3.8, 4) is 0 Å². The molecule has 0 bridgehead atoms. The van der Waals surface area contributed by atoms with Crippen molar-refractivity contribution in [2.24, 2.45) is 0 Å². The van der Waals surface area contributed by atoms with E-state index in [1.807, 2.05) is 29.9 Å². The summed E-state index contributed by atoms with van der Waals surface area (Å²) in [7, 11) is 0. The second-order valence-electron chi connectivity index (χ2n) is 4.92. The first-order chi connectivity index (χ1) is 9.15. The molecule has 1 N–H and O–H groups in total. The van der Waals surface area contributed by atoms with Gasteiger partial charge < -0.3 is 9.52 Å². The van der Waals surface area contributed by atoms with Crippen molar-refractivity contribution < 1.29 is 9.52 Å². The normalized spacial score (nSPS) is 14.5. The van der Waals surface area contributed by atoms with Crippen LogP contribution in [0.4, 0.5) is 0 Å². The number of nitrogens with zero attached hydrogens (tertiary/aromatic N) is 2. The van der Waals surface area contributed by atoms with Gasteiger partial charge in [-0.1, -0.05) is 13.8 Å². The molecule has 2 heterocycles. The smallest absolute Gasteiger partial charge is 0.109 e. The van der Waals surface area contributed by atoms with Gasteiger partial charge in [0.05, 0.1) is 18.1 Å². The molecule has 4 heteroatoms. The molecule has 0 aliphatic rings. The first kappa shape index (κ1) is 13.9. The predicted octanol–water partition coefficient (Wildman–Crippen LogP) is 3.29. The topological polar surface area (TPSA) is 51.2 Å². The molecule has 0 saturated heterocycles. The molecule has 0 aliphatic heterocycles. The van der Waals surface area contributed by atoms with E-state index < -0.39 is 6.10 Å². The van der Waals surface area contributed by atoms with Crippen LogP contribution in [0.2, 0.25) is 0 Å². The van der Waals surface area contributed by atoms with Gasteiger partial charge in [-0.15, -0.1) is 0 Å². The highest BCUT2D eigenvalue weighted by atomic mass is 16.3. The fourth-order valence-corrected chi connectivity index (χ4v) is 2.16. The maximum Gasteiger partial charge on any atom is 0.109 e. The Kier molecular flexibility index (Phi) is 4.43. The van der Waals surface area contributed by atoms with E-state index in [1.54, 1.807) is 6.26 Å². The molecule has 0 amide bonds. The maximum atomic E-state index is 10.3. The van der Waals surface area contributed by atoms with Crippen LogP contribution in [-0.2, 0) is 12.8 Å². The SMILES string of the molecule is CCc1occc1C(O)Cc1ccn(C(C)CC)n1. The van der Waals surface area contributed by atoms with Gasteiger partial charge in [-0.25, -0.2) is 0 Å². The summed E-state index contributed by atoms with van der Waals surface area (Å²) in [5.41, 5.74) is 1.79. The molecule has 0 radical (unpaired) electrons. The molecule has 2 aromatic rings. The summed E-state index contributed by atoms with van der Waals surface area (Å²) < 4.78 is 7.30. The Balaban J connectivity index is 2.06. The first-order valence-corrected chi connectivity index (χ1v) is 6.94. The standard InChI is InChI=1S/C15H22N2O2/c1-4-11(3)17-8-6-12(16-17)10-14(18)13-7-9-19-15(13)5-2/h6-9,11,14,18H,4-5,10H2,1-3H3. The summed E-state index contributed by atoms with van der Waals surface area (Å²) in [6.07, 6.45) is 5.43. The number of furan rings is 1. The first-order valence-electron chi connectivity index (χ1n) is 6.94. The molecule has 2 aromatic heterocycles. The molecular weight excluding hydrogens is 240 g/mol. The van der Waals surface area contributed by atoms with Gasteiger partial charge >= 0.3 is 0 Å². The number of aliphatic hydroxyl groups is 1. The van der Waals surface area contributed by atoms with Gasteiger partial charge in [-0.05, 0) is 25.5 Å². The number of aryl methyl sites for hydroxylation is 1. The minimum absolute atomic E-state index is 0.394. The Bertz CT molecular complexity index is 516. The van der Waals surface area contributed by atoms with Crippen molar-refractivity contribution in [3.63, 3.8) is 0 Å². The van der Waals surface area contributed by atoms with Gasteiger partial charge in [0.25, 0.3) is 0 Å². The molecule has 19 heavy (non-hydrogen) atoms. The molecule has 0 fully saturated rings. The molecule has 0 spiro atoms. The zero-order chi connectivity index (χ0) is 13.8. The summed E-state index contributed by atoms with van der Waals surface area (Å²) in [6.45, 7) is 6.30. The van der Waals surface area contributed by atoms with Crippen molar-refractivity contribution >= 4 is 0 Å². The van der Waals surface area contributed by atoms with Gasteiger partial charge in [-0.3, -0.25) is 4.68 Å². The van der Waals surface area contributed by atoms with Gasteiger partial charge in [0.2, 0.25) is 0 Å². The summed E-state index contributed by atoms with van der Waals surface area (Å²) in [4.78, 5) is 0. The molecule has 4 nitrogen and oxygen atoms in total. The highest BCUT2D eigenvalue weighted by Crippen LogP contribution is 2.23. The summed E-state index contributed by atoms with van der Waals surface area (Å²) in [6, 6.07) is 4.21. The van der Waals surface area contributed by atoms with E-state index in [-0.39, 0.29) is 0 Å². The zero-order valence-corrected chi connectivity index (χ0v) is 11.8. The van der Waals surface area contributed by atoms with Crippen LogP contribution in [0.15, 0.2) is 29.0 Å². The highest BCUT2D eigenvalue weighted by Gasteiger charge is 2.16. The maximum absolute atomic E-state index is 10.3. The van der Waals surface area contributed by atoms with Crippen LogP contribution in [0.3, 0.4) is 0 Å². The van der Waals surface area contributed by atoms with E-state index in [1.165, 1.54) is 0 Å². The molecule has 0 saturated carbocycles. The van der Waals surface area contributed by atoms with Gasteiger partial charge in [0.1, 0.15) is 5.76 Å². The van der Waals surface area contributed by atoms with Gasteiger partial charge in [0, 0.05) is 30.6 Å². The van der Waals surface area contributed by atoms with E-state index in [9.17, 15) is 5.11 Å². The summed E-state index contributed by atoms with van der Waals surface area (Å²) in [5, 5.41) is 14.8. The van der Waals surface area contributed by atoms with Crippen molar-refractivity contribution in [3.05, 3.63) is 41.6 Å². The molecular formula is C15H22N2O2. The fourth-order valence-electron chi connectivity index (χ4n) is 2.16. The lowest BCUT2D eigenvalue weighted by Crippen LogP contribution is -2.07. The summed E-state index contributed by atoms with van der Waals surface area (Å²) in [5.74, 6) is 0.855. The van der Waals surface area contributed by atoms with Crippen LogP contribution in [0.5, 0.6) is 0 Å². The monoisotopic (exact) mass is 262 g/mol. The molecule has 104 valence electrons. The number of aromatic nitrogens is 2. The summed E-state index contributed by atoms with van der Waals surface area (Å²) >= 11 is 0. The van der Waals surface area contributed by atoms with Crippen LogP contribution in [0.25, 0.3) is 0 Å². The van der Waals surface area contributed by atoms with Crippen molar-refractivity contribution in [2.45, 2.75) is 52.2 Å². The lowest BCUT2D eigenvalue weighted by molar-refractivity contribution is 0.174. The van der Waals surface area contributed by atoms with Crippen molar-refractivity contribution in [2.75, 3.05) is 0 Å². The zero-order valence-electron chi connectivity index (χ0n) is 11.8. The molecule has 0 aliphatic carbocycles. The third kappa shape index (κ3) is 3.07. The van der Waals surface area contributed by atoms with Crippen molar-refractivity contribution in [1.29, 1.82) is 0 Å². The largest absolute Gasteiger partial charge is 0.469 e. The van der Waals surface area contributed by atoms with Gasteiger partial charge in [0.15, 0.2) is 0 Å². The van der Waals surface area contributed by atoms with Crippen LogP contribution in [-0.4, -0.2) is 14.9 Å². The van der Waals surface area contributed by atoms with Crippen LogP contribution in [0, 0.1) is 0 Å². The predicted molar refractivity (Wildman–Crippen MR) is 74.0 cm³/mol. The number of aliphatic hydroxyl groups excluding tert-OH is 1. The Labute approximate surface area is 114 Å². The third-order valence-corrected chi connectivity index (χ3v) is 3.57. The van der Waals surface area contributed by atoms with Crippen molar-refractivity contribution in [1.82, 2.24) is 9.78 Å². The Morgan fingerprint density at radius 1 is 1.37 bits per heavy atom. The van der Waals surface area contributed by atoms with E-state index in [2.05, 4.69) is 18.9 Å². The molecule has 2 unspecified atom stereocenters. The van der Waals surface area contributed by atoms with Crippen LogP contribution < -0.4 is 0 Å².